The number of guanidine groups is 1. The summed E-state index contributed by atoms with van der Waals surface area (Å²) in [6, 6.07) is 5.68. The first kappa shape index (κ1) is 22.0. The molecule has 0 amide bonds. The van der Waals surface area contributed by atoms with E-state index in [1.807, 2.05) is 43.5 Å². The fraction of sp³-hybridized carbons (Fsp3) is 0.471. The van der Waals surface area contributed by atoms with Gasteiger partial charge in [-0.2, -0.15) is 0 Å². The van der Waals surface area contributed by atoms with Crippen LogP contribution >= 0.6 is 24.0 Å². The highest BCUT2D eigenvalue weighted by Gasteiger charge is 2.08. The summed E-state index contributed by atoms with van der Waals surface area (Å²) in [5, 5.41) is 14.5. The van der Waals surface area contributed by atoms with Crippen LogP contribution < -0.4 is 20.1 Å². The minimum Gasteiger partial charge on any atom is -0.493 e. The summed E-state index contributed by atoms with van der Waals surface area (Å²) in [5.74, 6) is 2.88. The van der Waals surface area contributed by atoms with Crippen LogP contribution in [0.5, 0.6) is 11.5 Å². The first-order chi connectivity index (χ1) is 12.2. The Labute approximate surface area is 171 Å². The maximum atomic E-state index is 5.54. The molecule has 0 aliphatic heterocycles. The van der Waals surface area contributed by atoms with Crippen LogP contribution in [-0.2, 0) is 13.1 Å². The molecule has 1 aromatic heterocycles. The van der Waals surface area contributed by atoms with Gasteiger partial charge in [-0.05, 0) is 32.9 Å². The monoisotopic (exact) mass is 474 g/mol. The van der Waals surface area contributed by atoms with Crippen molar-refractivity contribution in [1.29, 1.82) is 0 Å². The van der Waals surface area contributed by atoms with Crippen LogP contribution in [0.1, 0.15) is 26.6 Å². The molecule has 0 aliphatic rings. The maximum Gasteiger partial charge on any atom is 0.196 e. The number of anilines is 1. The Hall–Kier alpha value is -2.04. The third-order valence-corrected chi connectivity index (χ3v) is 3.49. The van der Waals surface area contributed by atoms with E-state index in [-0.39, 0.29) is 24.0 Å². The van der Waals surface area contributed by atoms with Gasteiger partial charge in [0.2, 0.25) is 0 Å². The van der Waals surface area contributed by atoms with Gasteiger partial charge >= 0.3 is 0 Å². The van der Waals surface area contributed by atoms with Crippen molar-refractivity contribution in [3.05, 3.63) is 30.4 Å². The molecular weight excluding hydrogens is 447 g/mol. The molecule has 0 saturated heterocycles. The number of aromatic nitrogens is 3. The number of halogens is 1. The van der Waals surface area contributed by atoms with Crippen LogP contribution in [0.2, 0.25) is 0 Å². The van der Waals surface area contributed by atoms with Crippen molar-refractivity contribution >= 4 is 35.6 Å². The molecule has 9 heteroatoms. The summed E-state index contributed by atoms with van der Waals surface area (Å²) in [6.45, 7) is 8.61. The van der Waals surface area contributed by atoms with Crippen molar-refractivity contribution in [2.24, 2.45) is 4.99 Å². The Morgan fingerprint density at radius 3 is 2.69 bits per heavy atom. The zero-order chi connectivity index (χ0) is 18.1. The number of nitrogens with one attached hydrogen (secondary N) is 2. The molecule has 2 N–H and O–H groups in total. The largest absolute Gasteiger partial charge is 0.493 e. The zero-order valence-corrected chi connectivity index (χ0v) is 18.0. The minimum absolute atomic E-state index is 0. The smallest absolute Gasteiger partial charge is 0.196 e. The van der Waals surface area contributed by atoms with Gasteiger partial charge in [-0.3, -0.25) is 0 Å². The van der Waals surface area contributed by atoms with E-state index in [0.29, 0.717) is 30.6 Å². The summed E-state index contributed by atoms with van der Waals surface area (Å²) in [4.78, 5) is 4.57. The molecule has 2 rings (SSSR count). The van der Waals surface area contributed by atoms with E-state index in [0.717, 1.165) is 24.6 Å². The standard InChI is InChI=1S/C17H26N6O2.HI/c1-5-18-17(19-11-16-22-20-12-23(16)6-2)21-13-8-9-14(25-7-3)15(10-13)24-4;/h8-10,12H,5-7,11H2,1-4H3,(H2,18,19,21);1H. The molecule has 0 unspecified atom stereocenters. The van der Waals surface area contributed by atoms with Crippen LogP contribution in [0.15, 0.2) is 29.5 Å². The van der Waals surface area contributed by atoms with E-state index in [4.69, 9.17) is 9.47 Å². The second-order valence-electron chi connectivity index (χ2n) is 5.15. The van der Waals surface area contributed by atoms with Gasteiger partial charge in [-0.15, -0.1) is 34.2 Å². The van der Waals surface area contributed by atoms with Crippen molar-refractivity contribution in [3.63, 3.8) is 0 Å². The maximum absolute atomic E-state index is 5.54. The zero-order valence-electron chi connectivity index (χ0n) is 15.7. The van der Waals surface area contributed by atoms with E-state index in [1.54, 1.807) is 13.4 Å². The molecule has 8 nitrogen and oxygen atoms in total. The number of nitrogens with zero attached hydrogens (tertiary/aromatic N) is 4. The van der Waals surface area contributed by atoms with E-state index >= 15 is 0 Å². The van der Waals surface area contributed by atoms with E-state index in [9.17, 15) is 0 Å². The summed E-state index contributed by atoms with van der Waals surface area (Å²) in [6.07, 6.45) is 1.71. The van der Waals surface area contributed by atoms with Gasteiger partial charge in [0.1, 0.15) is 12.9 Å². The highest BCUT2D eigenvalue weighted by Crippen LogP contribution is 2.30. The lowest BCUT2D eigenvalue weighted by molar-refractivity contribution is 0.311. The predicted molar refractivity (Wildman–Crippen MR) is 114 cm³/mol. The van der Waals surface area contributed by atoms with Gasteiger partial charge in [-0.25, -0.2) is 4.99 Å². The second kappa shape index (κ2) is 11.6. The first-order valence-electron chi connectivity index (χ1n) is 8.44. The normalized spacial score (nSPS) is 10.8. The van der Waals surface area contributed by atoms with Crippen molar-refractivity contribution < 1.29 is 9.47 Å². The van der Waals surface area contributed by atoms with Gasteiger partial charge in [0.15, 0.2) is 23.3 Å². The Morgan fingerprint density at radius 2 is 2.04 bits per heavy atom. The Kier molecular flexibility index (Phi) is 9.78. The fourth-order valence-electron chi connectivity index (χ4n) is 2.28. The summed E-state index contributed by atoms with van der Waals surface area (Å²) in [7, 11) is 1.62. The average Bonchev–Trinajstić information content (AvgIpc) is 3.09. The minimum atomic E-state index is 0. The van der Waals surface area contributed by atoms with Gasteiger partial charge in [0.05, 0.1) is 13.7 Å². The quantitative estimate of drug-likeness (QED) is 0.348. The molecule has 1 heterocycles. The fourth-order valence-corrected chi connectivity index (χ4v) is 2.28. The van der Waals surface area contributed by atoms with Gasteiger partial charge < -0.3 is 24.7 Å². The lowest BCUT2D eigenvalue weighted by atomic mass is 10.2. The van der Waals surface area contributed by atoms with Gasteiger partial charge in [0, 0.05) is 24.8 Å². The third-order valence-electron chi connectivity index (χ3n) is 3.49. The lowest BCUT2D eigenvalue weighted by Crippen LogP contribution is -2.30. The van der Waals surface area contributed by atoms with Crippen molar-refractivity contribution in [1.82, 2.24) is 20.1 Å². The van der Waals surface area contributed by atoms with E-state index in [1.165, 1.54) is 0 Å². The van der Waals surface area contributed by atoms with E-state index in [2.05, 4.69) is 25.8 Å². The van der Waals surface area contributed by atoms with Gasteiger partial charge in [0.25, 0.3) is 0 Å². The molecule has 26 heavy (non-hydrogen) atoms. The highest BCUT2D eigenvalue weighted by molar-refractivity contribution is 14.0. The summed E-state index contributed by atoms with van der Waals surface area (Å²) < 4.78 is 12.9. The molecule has 1 aromatic carbocycles. The SMILES string of the molecule is CCNC(=NCc1nncn1CC)Nc1ccc(OCC)c(OC)c1.I. The van der Waals surface area contributed by atoms with Crippen molar-refractivity contribution in [2.45, 2.75) is 33.9 Å². The number of aliphatic imine (C=N–C) groups is 1. The Morgan fingerprint density at radius 1 is 1.23 bits per heavy atom. The van der Waals surface area contributed by atoms with E-state index < -0.39 is 0 Å². The summed E-state index contributed by atoms with van der Waals surface area (Å²) in [5.41, 5.74) is 0.858. The number of ether oxygens (including phenoxy) is 2. The number of hydrogen-bond acceptors (Lipinski definition) is 5. The number of aryl methyl sites for hydroxylation is 1. The molecule has 144 valence electrons. The molecular formula is C17H27IN6O2. The van der Waals surface area contributed by atoms with Crippen LogP contribution in [0.4, 0.5) is 5.69 Å². The van der Waals surface area contributed by atoms with Crippen LogP contribution in [0.3, 0.4) is 0 Å². The lowest BCUT2D eigenvalue weighted by Gasteiger charge is -2.14. The number of rotatable bonds is 8. The predicted octanol–water partition coefficient (Wildman–Crippen LogP) is 2.90. The molecule has 0 fully saturated rings. The van der Waals surface area contributed by atoms with Crippen LogP contribution in [-0.4, -0.2) is 41.0 Å². The first-order valence-corrected chi connectivity index (χ1v) is 8.44. The topological polar surface area (TPSA) is 85.6 Å². The molecule has 0 saturated carbocycles. The third kappa shape index (κ3) is 6.04. The van der Waals surface area contributed by atoms with Crippen molar-refractivity contribution in [2.75, 3.05) is 25.6 Å². The summed E-state index contributed by atoms with van der Waals surface area (Å²) >= 11 is 0. The van der Waals surface area contributed by atoms with Crippen LogP contribution in [0, 0.1) is 0 Å². The van der Waals surface area contributed by atoms with Gasteiger partial charge in [-0.1, -0.05) is 0 Å². The molecule has 0 aliphatic carbocycles. The molecule has 2 aromatic rings. The number of methoxy groups -OCH3 is 1. The highest BCUT2D eigenvalue weighted by atomic mass is 127. The number of hydrogen-bond donors (Lipinski definition) is 2. The number of benzene rings is 1. The van der Waals surface area contributed by atoms with Crippen molar-refractivity contribution in [3.8, 4) is 11.5 Å². The Bertz CT molecular complexity index is 704. The van der Waals surface area contributed by atoms with Crippen LogP contribution in [0.25, 0.3) is 0 Å². The molecule has 0 bridgehead atoms. The second-order valence-corrected chi connectivity index (χ2v) is 5.15. The molecule has 0 atom stereocenters. The molecule has 0 radical (unpaired) electrons. The average molecular weight is 474 g/mol. The Balaban J connectivity index is 0.00000338. The molecule has 0 spiro atoms.